The maximum Gasteiger partial charge on any atom is 0.163 e. The smallest absolute Gasteiger partial charge is 0.163 e. The Balaban J connectivity index is 2.09. The Kier molecular flexibility index (Phi) is 2.11. The minimum absolute atomic E-state index is 0.0775. The molecule has 0 spiro atoms. The Morgan fingerprint density at radius 2 is 2.08 bits per heavy atom. The molecule has 0 aromatic heterocycles. The highest BCUT2D eigenvalue weighted by Crippen LogP contribution is 2.35. The van der Waals surface area contributed by atoms with Crippen LogP contribution in [0.15, 0.2) is 0 Å². The minimum atomic E-state index is -0.513. The van der Waals surface area contributed by atoms with E-state index in [1.165, 1.54) is 0 Å². The van der Waals surface area contributed by atoms with Gasteiger partial charge in [0.25, 0.3) is 0 Å². The van der Waals surface area contributed by atoms with Gasteiger partial charge in [0, 0.05) is 11.5 Å². The topological polar surface area (TPSA) is 38.7 Å². The maximum absolute atomic E-state index is 9.59. The molecule has 0 bridgehead atoms. The fourth-order valence-electron chi connectivity index (χ4n) is 1.72. The third kappa shape index (κ3) is 1.48. The van der Waals surface area contributed by atoms with Crippen molar-refractivity contribution in [1.29, 1.82) is 0 Å². The van der Waals surface area contributed by atoms with Gasteiger partial charge >= 0.3 is 0 Å². The molecule has 3 nitrogen and oxygen atoms in total. The number of ether oxygens (including phenoxy) is 2. The quantitative estimate of drug-likeness (QED) is 0.607. The molecule has 0 aliphatic carbocycles. The normalized spacial score (nSPS) is 45.8. The molecule has 0 aromatic carbocycles. The van der Waals surface area contributed by atoms with Crippen molar-refractivity contribution in [2.24, 2.45) is 0 Å². The van der Waals surface area contributed by atoms with Gasteiger partial charge in [-0.2, -0.15) is 11.8 Å². The molecule has 0 amide bonds. The molecule has 2 aliphatic heterocycles. The van der Waals surface area contributed by atoms with E-state index in [-0.39, 0.29) is 18.3 Å². The lowest BCUT2D eigenvalue weighted by Crippen LogP contribution is -2.42. The number of hydrogen-bond donors (Lipinski definition) is 1. The third-order valence-corrected chi connectivity index (χ3v) is 3.31. The van der Waals surface area contributed by atoms with Gasteiger partial charge in [-0.15, -0.1) is 0 Å². The second-order valence-corrected chi connectivity index (χ2v) is 4.82. The van der Waals surface area contributed by atoms with Crippen molar-refractivity contribution >= 4 is 11.8 Å². The average molecular weight is 190 g/mol. The van der Waals surface area contributed by atoms with Crippen LogP contribution < -0.4 is 0 Å². The first-order chi connectivity index (χ1) is 5.58. The van der Waals surface area contributed by atoms with Gasteiger partial charge in [-0.05, 0) is 13.8 Å². The summed E-state index contributed by atoms with van der Waals surface area (Å²) >= 11 is 1.73. The summed E-state index contributed by atoms with van der Waals surface area (Å²) in [6.07, 6.45) is -0.398. The lowest BCUT2D eigenvalue weighted by atomic mass is 10.1. The summed E-state index contributed by atoms with van der Waals surface area (Å²) in [5.41, 5.74) is 0. The first-order valence-electron chi connectivity index (χ1n) is 4.20. The van der Waals surface area contributed by atoms with E-state index in [2.05, 4.69) is 0 Å². The Morgan fingerprint density at radius 3 is 2.75 bits per heavy atom. The molecule has 4 heteroatoms. The SMILES string of the molecule is CC1(C)O[C@H]2[C@H](O)CSC[C@H]2O1. The summed E-state index contributed by atoms with van der Waals surface area (Å²) in [5, 5.41) is 9.59. The van der Waals surface area contributed by atoms with E-state index in [0.29, 0.717) is 0 Å². The van der Waals surface area contributed by atoms with Crippen LogP contribution in [0.2, 0.25) is 0 Å². The lowest BCUT2D eigenvalue weighted by Gasteiger charge is -2.26. The highest BCUT2D eigenvalue weighted by atomic mass is 32.2. The Morgan fingerprint density at radius 1 is 1.33 bits per heavy atom. The van der Waals surface area contributed by atoms with Crippen molar-refractivity contribution in [2.45, 2.75) is 37.9 Å². The molecule has 70 valence electrons. The molecule has 2 saturated heterocycles. The van der Waals surface area contributed by atoms with Crippen LogP contribution in [0, 0.1) is 0 Å². The van der Waals surface area contributed by atoms with E-state index in [1.807, 2.05) is 13.8 Å². The van der Waals surface area contributed by atoms with Gasteiger partial charge < -0.3 is 14.6 Å². The molecule has 2 fully saturated rings. The summed E-state index contributed by atoms with van der Waals surface area (Å²) in [6.45, 7) is 3.78. The summed E-state index contributed by atoms with van der Waals surface area (Å²) in [4.78, 5) is 0. The van der Waals surface area contributed by atoms with Crippen molar-refractivity contribution in [3.05, 3.63) is 0 Å². The lowest BCUT2D eigenvalue weighted by molar-refractivity contribution is -0.152. The molecule has 2 aliphatic rings. The molecular formula is C8H14O3S. The van der Waals surface area contributed by atoms with Gasteiger partial charge in [-0.1, -0.05) is 0 Å². The number of aliphatic hydroxyl groups excluding tert-OH is 1. The van der Waals surface area contributed by atoms with E-state index in [1.54, 1.807) is 11.8 Å². The van der Waals surface area contributed by atoms with Crippen molar-refractivity contribution in [3.8, 4) is 0 Å². The van der Waals surface area contributed by atoms with Gasteiger partial charge in [-0.25, -0.2) is 0 Å². The second-order valence-electron chi connectivity index (χ2n) is 3.74. The zero-order chi connectivity index (χ0) is 8.77. The van der Waals surface area contributed by atoms with Crippen LogP contribution in [0.3, 0.4) is 0 Å². The molecule has 2 rings (SSSR count). The molecule has 3 atom stereocenters. The third-order valence-electron chi connectivity index (χ3n) is 2.17. The highest BCUT2D eigenvalue weighted by molar-refractivity contribution is 7.99. The maximum atomic E-state index is 9.59. The Hall–Kier alpha value is 0.230. The first-order valence-corrected chi connectivity index (χ1v) is 5.35. The number of rotatable bonds is 0. The second kappa shape index (κ2) is 2.87. The molecular weight excluding hydrogens is 176 g/mol. The monoisotopic (exact) mass is 190 g/mol. The number of hydrogen-bond acceptors (Lipinski definition) is 4. The van der Waals surface area contributed by atoms with Crippen LogP contribution in [-0.2, 0) is 9.47 Å². The summed E-state index contributed by atoms with van der Waals surface area (Å²) < 4.78 is 11.2. The Bertz CT molecular complexity index is 183. The van der Waals surface area contributed by atoms with E-state index in [9.17, 15) is 5.11 Å². The van der Waals surface area contributed by atoms with Gasteiger partial charge in [0.2, 0.25) is 0 Å². The van der Waals surface area contributed by atoms with E-state index in [0.717, 1.165) is 11.5 Å². The predicted molar refractivity (Wildman–Crippen MR) is 47.2 cm³/mol. The molecule has 0 radical (unpaired) electrons. The Labute approximate surface area is 76.4 Å². The van der Waals surface area contributed by atoms with Gasteiger partial charge in [0.05, 0.1) is 12.2 Å². The predicted octanol–water partition coefficient (Wildman–Crippen LogP) is 0.614. The molecule has 12 heavy (non-hydrogen) atoms. The van der Waals surface area contributed by atoms with E-state index in [4.69, 9.17) is 9.47 Å². The summed E-state index contributed by atoms with van der Waals surface area (Å²) in [7, 11) is 0. The zero-order valence-corrected chi connectivity index (χ0v) is 8.13. The van der Waals surface area contributed by atoms with Crippen LogP contribution >= 0.6 is 11.8 Å². The molecule has 0 aromatic rings. The van der Waals surface area contributed by atoms with Crippen molar-refractivity contribution in [1.82, 2.24) is 0 Å². The molecule has 0 saturated carbocycles. The summed E-state index contributed by atoms with van der Waals surface area (Å²) in [6, 6.07) is 0. The first kappa shape index (κ1) is 8.81. The van der Waals surface area contributed by atoms with Gasteiger partial charge in [-0.3, -0.25) is 0 Å². The minimum Gasteiger partial charge on any atom is -0.389 e. The number of fused-ring (bicyclic) bond motifs is 1. The zero-order valence-electron chi connectivity index (χ0n) is 7.32. The fraction of sp³-hybridized carbons (Fsp3) is 1.00. The fourth-order valence-corrected chi connectivity index (χ4v) is 2.78. The standard InChI is InChI=1S/C8H14O3S/c1-8(2)10-6-4-12-3-5(9)7(6)11-8/h5-7,9H,3-4H2,1-2H3/t5-,6-,7+/m1/s1. The van der Waals surface area contributed by atoms with Crippen LogP contribution in [-0.4, -0.2) is 40.7 Å². The average Bonchev–Trinajstić information content (AvgIpc) is 2.25. The molecule has 0 unspecified atom stereocenters. The van der Waals surface area contributed by atoms with Crippen LogP contribution in [0.4, 0.5) is 0 Å². The van der Waals surface area contributed by atoms with Crippen molar-refractivity contribution < 1.29 is 14.6 Å². The molecule has 1 N–H and O–H groups in total. The largest absolute Gasteiger partial charge is 0.389 e. The van der Waals surface area contributed by atoms with Crippen molar-refractivity contribution in [2.75, 3.05) is 11.5 Å². The van der Waals surface area contributed by atoms with Crippen LogP contribution in [0.5, 0.6) is 0 Å². The molecule has 2 heterocycles. The number of thioether (sulfide) groups is 1. The highest BCUT2D eigenvalue weighted by Gasteiger charge is 2.46. The number of aliphatic hydroxyl groups is 1. The van der Waals surface area contributed by atoms with Crippen LogP contribution in [0.1, 0.15) is 13.8 Å². The summed E-state index contributed by atoms with van der Waals surface area (Å²) in [5.74, 6) is 1.19. The van der Waals surface area contributed by atoms with Gasteiger partial charge in [0.1, 0.15) is 6.10 Å². The van der Waals surface area contributed by atoms with E-state index < -0.39 is 5.79 Å². The van der Waals surface area contributed by atoms with E-state index >= 15 is 0 Å². The van der Waals surface area contributed by atoms with Crippen molar-refractivity contribution in [3.63, 3.8) is 0 Å². The van der Waals surface area contributed by atoms with Crippen LogP contribution in [0.25, 0.3) is 0 Å². The van der Waals surface area contributed by atoms with Gasteiger partial charge in [0.15, 0.2) is 5.79 Å².